The van der Waals surface area contributed by atoms with Crippen LogP contribution < -0.4 is 5.32 Å². The number of aliphatic carboxylic acids is 1. The number of carboxylic acid groups (broad SMARTS) is 1. The lowest BCUT2D eigenvalue weighted by atomic mass is 10.0. The highest BCUT2D eigenvalue weighted by molar-refractivity contribution is 5.77. The number of hydrogen-bond acceptors (Lipinski definition) is 6. The first kappa shape index (κ1) is 15.0. The van der Waals surface area contributed by atoms with Crippen LogP contribution in [0.25, 0.3) is 0 Å². The number of amides is 1. The van der Waals surface area contributed by atoms with Gasteiger partial charge in [0.25, 0.3) is 11.4 Å². The van der Waals surface area contributed by atoms with Gasteiger partial charge in [0, 0.05) is 18.1 Å². The highest BCUT2D eigenvalue weighted by Crippen LogP contribution is 2.25. The number of nitro groups is 2. The lowest BCUT2D eigenvalue weighted by molar-refractivity contribution is -0.394. The van der Waals surface area contributed by atoms with E-state index in [0.717, 1.165) is 18.2 Å². The van der Waals surface area contributed by atoms with E-state index in [-0.39, 0.29) is 18.4 Å². The fraction of sp³-hybridized carbons (Fsp3) is 0.200. The standard InChI is InChI=1S/C10H9N3O7/c14-5-11-8(10(15)16)3-6-1-2-7(12(17)18)4-9(6)13(19)20/h1-2,4-5,8H,3H2,(H,11,14)(H,15,16). The molecule has 0 spiro atoms. The maximum atomic E-state index is 10.9. The molecule has 0 saturated heterocycles. The summed E-state index contributed by atoms with van der Waals surface area (Å²) in [5, 5.41) is 32.2. The third kappa shape index (κ3) is 3.48. The zero-order valence-electron chi connectivity index (χ0n) is 9.88. The smallest absolute Gasteiger partial charge is 0.326 e. The van der Waals surface area contributed by atoms with Gasteiger partial charge in [-0.25, -0.2) is 4.79 Å². The molecule has 10 nitrogen and oxygen atoms in total. The maximum Gasteiger partial charge on any atom is 0.326 e. The molecule has 106 valence electrons. The van der Waals surface area contributed by atoms with E-state index in [9.17, 15) is 29.8 Å². The molecule has 1 aromatic rings. The molecule has 0 heterocycles. The van der Waals surface area contributed by atoms with E-state index < -0.39 is 33.2 Å². The minimum absolute atomic E-state index is 0.0256. The van der Waals surface area contributed by atoms with Crippen molar-refractivity contribution < 1.29 is 24.5 Å². The number of hydrogen-bond donors (Lipinski definition) is 2. The van der Waals surface area contributed by atoms with Crippen molar-refractivity contribution in [3.05, 3.63) is 44.0 Å². The number of nitro benzene ring substituents is 2. The molecule has 0 bridgehead atoms. The summed E-state index contributed by atoms with van der Waals surface area (Å²) in [6.07, 6.45) is -0.196. The highest BCUT2D eigenvalue weighted by Gasteiger charge is 2.24. The minimum Gasteiger partial charge on any atom is -0.480 e. The van der Waals surface area contributed by atoms with Crippen molar-refractivity contribution in [3.8, 4) is 0 Å². The summed E-state index contributed by atoms with van der Waals surface area (Å²) in [4.78, 5) is 40.9. The van der Waals surface area contributed by atoms with Crippen molar-refractivity contribution in [3.63, 3.8) is 0 Å². The van der Waals surface area contributed by atoms with Crippen LogP contribution in [0.3, 0.4) is 0 Å². The van der Waals surface area contributed by atoms with Crippen LogP contribution in [0.4, 0.5) is 11.4 Å². The number of nitrogens with zero attached hydrogens (tertiary/aromatic N) is 2. The Morgan fingerprint density at radius 3 is 2.45 bits per heavy atom. The van der Waals surface area contributed by atoms with E-state index in [2.05, 4.69) is 0 Å². The Morgan fingerprint density at radius 2 is 2.00 bits per heavy atom. The van der Waals surface area contributed by atoms with Gasteiger partial charge in [-0.1, -0.05) is 0 Å². The summed E-state index contributed by atoms with van der Waals surface area (Å²) in [5.41, 5.74) is -1.07. The molecule has 10 heteroatoms. The number of rotatable bonds is 7. The number of non-ortho nitro benzene ring substituents is 1. The first-order chi connectivity index (χ1) is 9.36. The van der Waals surface area contributed by atoms with Gasteiger partial charge < -0.3 is 10.4 Å². The Labute approximate surface area is 111 Å². The second kappa shape index (κ2) is 6.22. The van der Waals surface area contributed by atoms with E-state index in [4.69, 9.17) is 5.11 Å². The largest absolute Gasteiger partial charge is 0.480 e. The Bertz CT molecular complexity index is 572. The average molecular weight is 283 g/mol. The van der Waals surface area contributed by atoms with Gasteiger partial charge in [-0.3, -0.25) is 25.0 Å². The fourth-order valence-corrected chi connectivity index (χ4v) is 1.53. The zero-order valence-corrected chi connectivity index (χ0v) is 9.88. The molecular formula is C10H9N3O7. The highest BCUT2D eigenvalue weighted by atomic mass is 16.6. The lowest BCUT2D eigenvalue weighted by Gasteiger charge is -2.11. The molecule has 1 rings (SSSR count). The second-order valence-electron chi connectivity index (χ2n) is 3.71. The number of carbonyl (C=O) groups is 2. The number of nitrogens with one attached hydrogen (secondary N) is 1. The predicted octanol–water partition coefficient (Wildman–Crippen LogP) is 0.245. The summed E-state index contributed by atoms with van der Waals surface area (Å²) in [6, 6.07) is 1.52. The molecular weight excluding hydrogens is 274 g/mol. The normalized spacial score (nSPS) is 11.4. The van der Waals surface area contributed by atoms with Crippen LogP contribution in [0.5, 0.6) is 0 Å². The zero-order chi connectivity index (χ0) is 15.3. The third-order valence-electron chi connectivity index (χ3n) is 2.47. The second-order valence-corrected chi connectivity index (χ2v) is 3.71. The summed E-state index contributed by atoms with van der Waals surface area (Å²) in [7, 11) is 0. The van der Waals surface area contributed by atoms with E-state index in [1.165, 1.54) is 0 Å². The van der Waals surface area contributed by atoms with E-state index in [0.29, 0.717) is 0 Å². The van der Waals surface area contributed by atoms with Crippen molar-refractivity contribution in [2.75, 3.05) is 0 Å². The molecule has 0 aliphatic heterocycles. The van der Waals surface area contributed by atoms with Crippen molar-refractivity contribution >= 4 is 23.8 Å². The van der Waals surface area contributed by atoms with Crippen LogP contribution >= 0.6 is 0 Å². The number of carbonyl (C=O) groups excluding carboxylic acids is 1. The molecule has 0 fully saturated rings. The number of benzene rings is 1. The average Bonchev–Trinajstić information content (AvgIpc) is 2.37. The van der Waals surface area contributed by atoms with Crippen LogP contribution in [0.1, 0.15) is 5.56 Å². The van der Waals surface area contributed by atoms with Gasteiger partial charge in [0.05, 0.1) is 15.9 Å². The van der Waals surface area contributed by atoms with Gasteiger partial charge in [-0.2, -0.15) is 0 Å². The van der Waals surface area contributed by atoms with Gasteiger partial charge in [-0.05, 0) is 6.07 Å². The molecule has 0 aromatic heterocycles. The predicted molar refractivity (Wildman–Crippen MR) is 64.1 cm³/mol. The molecule has 0 aliphatic rings. The molecule has 0 saturated carbocycles. The summed E-state index contributed by atoms with van der Waals surface area (Å²) in [5.74, 6) is -1.37. The Hall–Kier alpha value is -3.04. The Balaban J connectivity index is 3.16. The van der Waals surface area contributed by atoms with Crippen LogP contribution in [-0.2, 0) is 16.0 Å². The first-order valence-electron chi connectivity index (χ1n) is 5.21. The Morgan fingerprint density at radius 1 is 1.35 bits per heavy atom. The molecule has 1 aromatic carbocycles. The lowest BCUT2D eigenvalue weighted by Crippen LogP contribution is -2.37. The molecule has 1 amide bonds. The monoisotopic (exact) mass is 283 g/mol. The number of carboxylic acids is 1. The van der Waals surface area contributed by atoms with E-state index >= 15 is 0 Å². The molecule has 2 N–H and O–H groups in total. The van der Waals surface area contributed by atoms with Gasteiger partial charge in [0.1, 0.15) is 6.04 Å². The minimum atomic E-state index is -1.37. The third-order valence-corrected chi connectivity index (χ3v) is 2.47. The van der Waals surface area contributed by atoms with Crippen LogP contribution in [-0.4, -0.2) is 33.4 Å². The van der Waals surface area contributed by atoms with Gasteiger partial charge >= 0.3 is 5.97 Å². The molecule has 20 heavy (non-hydrogen) atoms. The summed E-state index contributed by atoms with van der Waals surface area (Å²) >= 11 is 0. The molecule has 1 atom stereocenters. The summed E-state index contributed by atoms with van der Waals surface area (Å²) < 4.78 is 0. The Kier molecular flexibility index (Phi) is 4.67. The molecule has 1 unspecified atom stereocenters. The fourth-order valence-electron chi connectivity index (χ4n) is 1.53. The molecule has 0 aliphatic carbocycles. The quantitative estimate of drug-likeness (QED) is 0.413. The van der Waals surface area contributed by atoms with Crippen LogP contribution in [0.15, 0.2) is 18.2 Å². The van der Waals surface area contributed by atoms with Crippen molar-refractivity contribution in [1.82, 2.24) is 5.32 Å². The molecule has 0 radical (unpaired) electrons. The van der Waals surface area contributed by atoms with Crippen molar-refractivity contribution in [1.29, 1.82) is 0 Å². The van der Waals surface area contributed by atoms with Crippen molar-refractivity contribution in [2.24, 2.45) is 0 Å². The first-order valence-corrected chi connectivity index (χ1v) is 5.21. The van der Waals surface area contributed by atoms with Gasteiger partial charge in [-0.15, -0.1) is 0 Å². The van der Waals surface area contributed by atoms with Crippen molar-refractivity contribution in [2.45, 2.75) is 12.5 Å². The maximum absolute atomic E-state index is 10.9. The van der Waals surface area contributed by atoms with Crippen LogP contribution in [0, 0.1) is 20.2 Å². The van der Waals surface area contributed by atoms with E-state index in [1.54, 1.807) is 0 Å². The van der Waals surface area contributed by atoms with Crippen LogP contribution in [0.2, 0.25) is 0 Å². The van der Waals surface area contributed by atoms with E-state index in [1.807, 2.05) is 5.32 Å². The SMILES string of the molecule is O=CNC(Cc1ccc([N+](=O)[O-])cc1[N+](=O)[O-])C(=O)O. The van der Waals surface area contributed by atoms with Gasteiger partial charge in [0.2, 0.25) is 6.41 Å². The van der Waals surface area contributed by atoms with Gasteiger partial charge in [0.15, 0.2) is 0 Å². The summed E-state index contributed by atoms with van der Waals surface area (Å²) in [6.45, 7) is 0. The topological polar surface area (TPSA) is 153 Å².